The molecule has 0 saturated carbocycles. The quantitative estimate of drug-likeness (QED) is 0.429. The first-order valence-corrected chi connectivity index (χ1v) is 12.5. The van der Waals surface area contributed by atoms with Gasteiger partial charge in [0.25, 0.3) is 5.92 Å². The molecule has 1 spiro atoms. The van der Waals surface area contributed by atoms with Crippen LogP contribution in [-0.2, 0) is 35.8 Å². The molecule has 2 aliphatic heterocycles. The van der Waals surface area contributed by atoms with Gasteiger partial charge in [-0.05, 0) is 42.7 Å². The van der Waals surface area contributed by atoms with Crippen LogP contribution in [-0.4, -0.2) is 34.7 Å². The van der Waals surface area contributed by atoms with Gasteiger partial charge in [0.15, 0.2) is 0 Å². The van der Waals surface area contributed by atoms with Crippen molar-refractivity contribution in [2.24, 2.45) is 0 Å². The molecule has 0 bridgehead atoms. The van der Waals surface area contributed by atoms with Crippen molar-refractivity contribution < 1.29 is 27.4 Å². The Morgan fingerprint density at radius 3 is 2.51 bits per heavy atom. The SMILES string of the molecule is OCc1nc(Cc2c(F)cccc2F)ccc1CN1CCC2(CC1)OCC(F)(F)c1cc(Cl)sc12. The lowest BCUT2D eigenvalue weighted by molar-refractivity contribution is -0.182. The summed E-state index contributed by atoms with van der Waals surface area (Å²) in [6.07, 6.45) is 1.06. The fourth-order valence-corrected chi connectivity index (χ4v) is 6.34. The van der Waals surface area contributed by atoms with Crippen molar-refractivity contribution in [1.82, 2.24) is 9.88 Å². The van der Waals surface area contributed by atoms with E-state index < -0.39 is 29.8 Å². The molecule has 1 fully saturated rings. The van der Waals surface area contributed by atoms with E-state index in [-0.39, 0.29) is 24.2 Å². The second kappa shape index (κ2) is 9.44. The summed E-state index contributed by atoms with van der Waals surface area (Å²) in [7, 11) is 0. The summed E-state index contributed by atoms with van der Waals surface area (Å²) in [6, 6.07) is 8.58. The number of pyridine rings is 1. The minimum absolute atomic E-state index is 0.0221. The third kappa shape index (κ3) is 4.72. The van der Waals surface area contributed by atoms with E-state index in [0.29, 0.717) is 53.1 Å². The molecule has 4 heterocycles. The number of halogens is 5. The highest BCUT2D eigenvalue weighted by Crippen LogP contribution is 2.52. The number of fused-ring (bicyclic) bond motifs is 2. The number of aliphatic hydroxyl groups excluding tert-OH is 1. The standard InChI is InChI=1S/C25H23ClF4N2O2S/c26-22-11-18-23(35-22)24(34-14-25(18,29)30)6-8-32(9-7-24)12-15-4-5-16(31-21(15)13-33)10-17-19(27)2-1-3-20(17)28/h1-5,11,33H,6-10,12-14H2. The minimum Gasteiger partial charge on any atom is -0.390 e. The van der Waals surface area contributed by atoms with E-state index >= 15 is 0 Å². The molecule has 2 aliphatic rings. The molecule has 0 radical (unpaired) electrons. The van der Waals surface area contributed by atoms with Gasteiger partial charge in [0.2, 0.25) is 0 Å². The summed E-state index contributed by atoms with van der Waals surface area (Å²) in [5, 5.41) is 9.88. The maximum Gasteiger partial charge on any atom is 0.297 e. The normalized spacial score (nSPS) is 19.1. The Labute approximate surface area is 209 Å². The van der Waals surface area contributed by atoms with Gasteiger partial charge in [-0.1, -0.05) is 23.7 Å². The Morgan fingerprint density at radius 1 is 1.11 bits per heavy atom. The number of alkyl halides is 2. The van der Waals surface area contributed by atoms with Crippen molar-refractivity contribution in [3.63, 3.8) is 0 Å². The summed E-state index contributed by atoms with van der Waals surface area (Å²) in [5.74, 6) is -4.32. The number of benzene rings is 1. The molecule has 1 saturated heterocycles. The average Bonchev–Trinajstić information content (AvgIpc) is 3.25. The Bertz CT molecular complexity index is 1220. The van der Waals surface area contributed by atoms with Gasteiger partial charge < -0.3 is 9.84 Å². The van der Waals surface area contributed by atoms with Crippen LogP contribution >= 0.6 is 22.9 Å². The molecule has 35 heavy (non-hydrogen) atoms. The van der Waals surface area contributed by atoms with Crippen LogP contribution in [0.5, 0.6) is 0 Å². The van der Waals surface area contributed by atoms with Crippen LogP contribution in [0.2, 0.25) is 4.34 Å². The summed E-state index contributed by atoms with van der Waals surface area (Å²) in [6.45, 7) is 0.744. The van der Waals surface area contributed by atoms with E-state index in [1.807, 2.05) is 6.07 Å². The van der Waals surface area contributed by atoms with Crippen molar-refractivity contribution in [3.05, 3.63) is 85.3 Å². The van der Waals surface area contributed by atoms with Gasteiger partial charge in [-0.2, -0.15) is 8.78 Å². The molecule has 4 nitrogen and oxygen atoms in total. The smallest absolute Gasteiger partial charge is 0.297 e. The van der Waals surface area contributed by atoms with Crippen LogP contribution in [0.25, 0.3) is 0 Å². The number of ether oxygens (including phenoxy) is 1. The number of rotatable bonds is 5. The summed E-state index contributed by atoms with van der Waals surface area (Å²) >= 11 is 7.24. The Balaban J connectivity index is 1.29. The minimum atomic E-state index is -3.05. The zero-order valence-electron chi connectivity index (χ0n) is 18.7. The lowest BCUT2D eigenvalue weighted by Crippen LogP contribution is -2.48. The molecule has 3 aromatic rings. The van der Waals surface area contributed by atoms with Gasteiger partial charge >= 0.3 is 0 Å². The molecule has 10 heteroatoms. The highest BCUT2D eigenvalue weighted by Gasteiger charge is 2.51. The van der Waals surface area contributed by atoms with Crippen LogP contribution in [0, 0.1) is 11.6 Å². The fraction of sp³-hybridized carbons (Fsp3) is 0.400. The molecule has 1 N–H and O–H groups in total. The first-order valence-electron chi connectivity index (χ1n) is 11.3. The van der Waals surface area contributed by atoms with E-state index in [9.17, 15) is 22.7 Å². The number of hydrogen-bond donors (Lipinski definition) is 1. The third-order valence-corrected chi connectivity index (χ3v) is 8.24. The summed E-state index contributed by atoms with van der Waals surface area (Å²) < 4.78 is 62.8. The van der Waals surface area contributed by atoms with Crippen molar-refractivity contribution in [2.75, 3.05) is 19.7 Å². The molecule has 186 valence electrons. The highest BCUT2D eigenvalue weighted by molar-refractivity contribution is 7.16. The van der Waals surface area contributed by atoms with Crippen LogP contribution in [0.4, 0.5) is 17.6 Å². The number of aliphatic hydroxyl groups is 1. The molecule has 0 unspecified atom stereocenters. The molecular formula is C25H23ClF4N2O2S. The zero-order valence-corrected chi connectivity index (χ0v) is 20.2. The van der Waals surface area contributed by atoms with Crippen molar-refractivity contribution >= 4 is 22.9 Å². The van der Waals surface area contributed by atoms with Gasteiger partial charge in [0, 0.05) is 47.8 Å². The van der Waals surface area contributed by atoms with Crippen molar-refractivity contribution in [2.45, 2.75) is 43.9 Å². The second-order valence-corrected chi connectivity index (χ2v) is 10.7. The third-order valence-electron chi connectivity index (χ3n) is 6.79. The van der Waals surface area contributed by atoms with Gasteiger partial charge in [0.05, 0.1) is 16.6 Å². The number of piperidine rings is 1. The van der Waals surface area contributed by atoms with E-state index in [4.69, 9.17) is 16.3 Å². The monoisotopic (exact) mass is 526 g/mol. The van der Waals surface area contributed by atoms with E-state index in [2.05, 4.69) is 9.88 Å². The lowest BCUT2D eigenvalue weighted by atomic mass is 9.84. The molecule has 1 aromatic carbocycles. The first-order chi connectivity index (χ1) is 16.7. The van der Waals surface area contributed by atoms with Crippen LogP contribution in [0.3, 0.4) is 0 Å². The Hall–Kier alpha value is -2.04. The summed E-state index contributed by atoms with van der Waals surface area (Å²) in [5.41, 5.74) is 0.845. The van der Waals surface area contributed by atoms with E-state index in [0.717, 1.165) is 16.9 Å². The van der Waals surface area contributed by atoms with Crippen molar-refractivity contribution in [1.29, 1.82) is 0 Å². The Kier molecular flexibility index (Phi) is 6.65. The maximum atomic E-state index is 14.4. The number of thiophene rings is 1. The van der Waals surface area contributed by atoms with Gasteiger partial charge in [-0.3, -0.25) is 9.88 Å². The largest absolute Gasteiger partial charge is 0.390 e. The number of hydrogen-bond acceptors (Lipinski definition) is 5. The maximum absolute atomic E-state index is 14.4. The van der Waals surface area contributed by atoms with E-state index in [1.165, 1.54) is 24.3 Å². The number of likely N-dealkylation sites (tertiary alicyclic amines) is 1. The number of nitrogens with zero attached hydrogens (tertiary/aromatic N) is 2. The van der Waals surface area contributed by atoms with Crippen molar-refractivity contribution in [3.8, 4) is 0 Å². The molecule has 0 aliphatic carbocycles. The van der Waals surface area contributed by atoms with Crippen LogP contribution < -0.4 is 0 Å². The first kappa shape index (κ1) is 24.6. The number of aromatic nitrogens is 1. The average molecular weight is 527 g/mol. The fourth-order valence-electron chi connectivity index (χ4n) is 4.86. The predicted octanol–water partition coefficient (Wildman–Crippen LogP) is 5.77. The molecule has 2 aromatic heterocycles. The molecule has 0 amide bonds. The molecule has 0 atom stereocenters. The summed E-state index contributed by atoms with van der Waals surface area (Å²) in [4.78, 5) is 7.11. The van der Waals surface area contributed by atoms with Crippen LogP contribution in [0.1, 0.15) is 45.8 Å². The van der Waals surface area contributed by atoms with E-state index in [1.54, 1.807) is 6.07 Å². The van der Waals surface area contributed by atoms with Gasteiger partial charge in [0.1, 0.15) is 23.8 Å². The second-order valence-electron chi connectivity index (χ2n) is 9.00. The van der Waals surface area contributed by atoms with Gasteiger partial charge in [-0.25, -0.2) is 8.78 Å². The predicted molar refractivity (Wildman–Crippen MR) is 125 cm³/mol. The molecule has 5 rings (SSSR count). The lowest BCUT2D eigenvalue weighted by Gasteiger charge is -2.45. The highest BCUT2D eigenvalue weighted by atomic mass is 35.5. The Morgan fingerprint density at radius 2 is 1.83 bits per heavy atom. The topological polar surface area (TPSA) is 45.6 Å². The molecular weight excluding hydrogens is 504 g/mol. The zero-order chi connectivity index (χ0) is 24.8. The van der Waals surface area contributed by atoms with Gasteiger partial charge in [-0.15, -0.1) is 11.3 Å². The van der Waals surface area contributed by atoms with Crippen LogP contribution in [0.15, 0.2) is 36.4 Å².